The SMILES string of the molecule is CC1SC=CN1c1cccc(CC(=O)O)c1O. The van der Waals surface area contributed by atoms with Crippen LogP contribution in [0.5, 0.6) is 5.75 Å². The van der Waals surface area contributed by atoms with Crippen LogP contribution in [-0.4, -0.2) is 21.6 Å². The van der Waals surface area contributed by atoms with Crippen molar-refractivity contribution in [3.05, 3.63) is 35.4 Å². The van der Waals surface area contributed by atoms with Gasteiger partial charge in [-0.05, 0) is 18.4 Å². The zero-order valence-electron chi connectivity index (χ0n) is 9.33. The number of rotatable bonds is 3. The van der Waals surface area contributed by atoms with E-state index in [9.17, 15) is 9.90 Å². The van der Waals surface area contributed by atoms with Crippen LogP contribution in [0.15, 0.2) is 29.8 Å². The quantitative estimate of drug-likeness (QED) is 0.863. The number of phenolic OH excluding ortho intramolecular Hbond substituents is 1. The van der Waals surface area contributed by atoms with Gasteiger partial charge in [-0.15, -0.1) is 11.8 Å². The number of nitrogens with zero attached hydrogens (tertiary/aromatic N) is 1. The van der Waals surface area contributed by atoms with Crippen molar-refractivity contribution in [2.45, 2.75) is 18.7 Å². The van der Waals surface area contributed by atoms with E-state index >= 15 is 0 Å². The minimum absolute atomic E-state index is 0.0499. The molecule has 1 aromatic rings. The lowest BCUT2D eigenvalue weighted by Crippen LogP contribution is -2.21. The molecule has 1 heterocycles. The second kappa shape index (κ2) is 4.71. The molecule has 1 aliphatic heterocycles. The Hall–Kier alpha value is -1.62. The van der Waals surface area contributed by atoms with Gasteiger partial charge in [0, 0.05) is 11.8 Å². The first-order valence-corrected chi connectivity index (χ1v) is 6.17. The Morgan fingerprint density at radius 1 is 1.53 bits per heavy atom. The molecule has 0 aromatic heterocycles. The monoisotopic (exact) mass is 251 g/mol. The van der Waals surface area contributed by atoms with Crippen molar-refractivity contribution in [1.82, 2.24) is 0 Å². The maximum atomic E-state index is 10.7. The number of anilines is 1. The minimum atomic E-state index is -0.947. The number of hydrogen-bond acceptors (Lipinski definition) is 4. The zero-order valence-corrected chi connectivity index (χ0v) is 10.1. The molecule has 1 aliphatic rings. The number of carboxylic acids is 1. The van der Waals surface area contributed by atoms with E-state index in [4.69, 9.17) is 5.11 Å². The molecule has 17 heavy (non-hydrogen) atoms. The van der Waals surface area contributed by atoms with E-state index in [1.165, 1.54) is 0 Å². The fourth-order valence-corrected chi connectivity index (χ4v) is 2.51. The highest BCUT2D eigenvalue weighted by Gasteiger charge is 2.21. The van der Waals surface area contributed by atoms with Gasteiger partial charge >= 0.3 is 5.97 Å². The lowest BCUT2D eigenvalue weighted by Gasteiger charge is -2.23. The van der Waals surface area contributed by atoms with Crippen molar-refractivity contribution in [2.75, 3.05) is 4.90 Å². The fraction of sp³-hybridized carbons (Fsp3) is 0.250. The van der Waals surface area contributed by atoms with Crippen LogP contribution < -0.4 is 4.90 Å². The van der Waals surface area contributed by atoms with Crippen molar-refractivity contribution < 1.29 is 15.0 Å². The molecule has 1 atom stereocenters. The molecule has 0 saturated heterocycles. The lowest BCUT2D eigenvalue weighted by atomic mass is 10.1. The molecule has 2 rings (SSSR count). The largest absolute Gasteiger partial charge is 0.505 e. The highest BCUT2D eigenvalue weighted by molar-refractivity contribution is 8.03. The van der Waals surface area contributed by atoms with Gasteiger partial charge < -0.3 is 15.1 Å². The van der Waals surface area contributed by atoms with E-state index in [1.807, 2.05) is 23.4 Å². The number of carboxylic acid groups (broad SMARTS) is 1. The summed E-state index contributed by atoms with van der Waals surface area (Å²) in [7, 11) is 0. The van der Waals surface area contributed by atoms with Crippen LogP contribution in [0, 0.1) is 0 Å². The third-order valence-corrected chi connectivity index (χ3v) is 3.51. The molecule has 5 heteroatoms. The van der Waals surface area contributed by atoms with Crippen molar-refractivity contribution in [3.8, 4) is 5.75 Å². The van der Waals surface area contributed by atoms with Crippen molar-refractivity contribution >= 4 is 23.4 Å². The Morgan fingerprint density at radius 2 is 2.29 bits per heavy atom. The third-order valence-electron chi connectivity index (χ3n) is 2.61. The van der Waals surface area contributed by atoms with E-state index < -0.39 is 5.97 Å². The first-order chi connectivity index (χ1) is 8.09. The maximum absolute atomic E-state index is 10.7. The molecule has 2 N–H and O–H groups in total. The Kier molecular flexibility index (Phi) is 3.28. The number of aromatic hydroxyl groups is 1. The Labute approximate surface area is 104 Å². The first-order valence-electron chi connectivity index (χ1n) is 5.22. The fourth-order valence-electron chi connectivity index (χ4n) is 1.77. The van der Waals surface area contributed by atoms with Gasteiger partial charge in [-0.1, -0.05) is 12.1 Å². The zero-order chi connectivity index (χ0) is 12.4. The number of benzene rings is 1. The summed E-state index contributed by atoms with van der Waals surface area (Å²) in [5.74, 6) is -0.897. The molecule has 0 saturated carbocycles. The van der Waals surface area contributed by atoms with Gasteiger partial charge in [0.25, 0.3) is 0 Å². The number of aliphatic carboxylic acids is 1. The topological polar surface area (TPSA) is 60.8 Å². The van der Waals surface area contributed by atoms with E-state index in [0.29, 0.717) is 11.3 Å². The van der Waals surface area contributed by atoms with Gasteiger partial charge in [0.1, 0.15) is 5.75 Å². The van der Waals surface area contributed by atoms with Gasteiger partial charge in [-0.2, -0.15) is 0 Å². The second-order valence-electron chi connectivity index (χ2n) is 3.78. The summed E-state index contributed by atoms with van der Waals surface area (Å²) in [4.78, 5) is 12.6. The van der Waals surface area contributed by atoms with Crippen LogP contribution in [0.25, 0.3) is 0 Å². The van der Waals surface area contributed by atoms with E-state index in [2.05, 4.69) is 0 Å². The first kappa shape index (κ1) is 11.9. The summed E-state index contributed by atoms with van der Waals surface area (Å²) < 4.78 is 0. The molecule has 0 bridgehead atoms. The average molecular weight is 251 g/mol. The second-order valence-corrected chi connectivity index (χ2v) is 5.01. The van der Waals surface area contributed by atoms with Crippen LogP contribution in [0.4, 0.5) is 5.69 Å². The molecule has 0 spiro atoms. The summed E-state index contributed by atoms with van der Waals surface area (Å²) >= 11 is 1.65. The summed E-state index contributed by atoms with van der Waals surface area (Å²) in [5, 5.41) is 21.0. The molecule has 0 aliphatic carbocycles. The molecule has 4 nitrogen and oxygen atoms in total. The van der Waals surface area contributed by atoms with Gasteiger partial charge in [0.05, 0.1) is 17.5 Å². The van der Waals surface area contributed by atoms with E-state index in [-0.39, 0.29) is 17.5 Å². The van der Waals surface area contributed by atoms with Crippen LogP contribution in [0.2, 0.25) is 0 Å². The van der Waals surface area contributed by atoms with Crippen molar-refractivity contribution in [3.63, 3.8) is 0 Å². The smallest absolute Gasteiger partial charge is 0.307 e. The minimum Gasteiger partial charge on any atom is -0.505 e. The number of para-hydroxylation sites is 1. The summed E-state index contributed by atoms with van der Waals surface area (Å²) in [5.41, 5.74) is 1.09. The number of phenols is 1. The summed E-state index contributed by atoms with van der Waals surface area (Å²) in [6.45, 7) is 2.02. The average Bonchev–Trinajstić information content (AvgIpc) is 2.67. The van der Waals surface area contributed by atoms with E-state index in [0.717, 1.165) is 0 Å². The molecule has 90 valence electrons. The molecular weight excluding hydrogens is 238 g/mol. The Bertz CT molecular complexity index is 473. The van der Waals surface area contributed by atoms with Gasteiger partial charge in [-0.25, -0.2) is 0 Å². The van der Waals surface area contributed by atoms with Crippen molar-refractivity contribution in [1.29, 1.82) is 0 Å². The van der Waals surface area contributed by atoms with Crippen LogP contribution in [0.3, 0.4) is 0 Å². The predicted molar refractivity (Wildman–Crippen MR) is 68.1 cm³/mol. The predicted octanol–water partition coefficient (Wildman–Crippen LogP) is 2.39. The van der Waals surface area contributed by atoms with Gasteiger partial charge in [0.15, 0.2) is 0 Å². The number of carbonyl (C=O) groups is 1. The van der Waals surface area contributed by atoms with E-state index in [1.54, 1.807) is 30.0 Å². The number of hydrogen-bond donors (Lipinski definition) is 2. The Morgan fingerprint density at radius 3 is 2.88 bits per heavy atom. The molecule has 0 amide bonds. The van der Waals surface area contributed by atoms with Crippen LogP contribution in [0.1, 0.15) is 12.5 Å². The summed E-state index contributed by atoms with van der Waals surface area (Å²) in [6, 6.07) is 5.18. The number of thioether (sulfide) groups is 1. The lowest BCUT2D eigenvalue weighted by molar-refractivity contribution is -0.136. The normalized spacial score (nSPS) is 18.6. The maximum Gasteiger partial charge on any atom is 0.307 e. The molecule has 0 radical (unpaired) electrons. The standard InChI is InChI=1S/C12H13NO3S/c1-8-13(5-6-17-8)10-4-2-3-9(12(10)16)7-11(14)15/h2-6,8,16H,7H2,1H3,(H,14,15). The molecule has 0 fully saturated rings. The van der Waals surface area contributed by atoms with Crippen LogP contribution >= 0.6 is 11.8 Å². The van der Waals surface area contributed by atoms with Crippen molar-refractivity contribution in [2.24, 2.45) is 0 Å². The van der Waals surface area contributed by atoms with Crippen LogP contribution in [-0.2, 0) is 11.2 Å². The van der Waals surface area contributed by atoms with Gasteiger partial charge in [-0.3, -0.25) is 4.79 Å². The third kappa shape index (κ3) is 2.39. The highest BCUT2D eigenvalue weighted by atomic mass is 32.2. The highest BCUT2D eigenvalue weighted by Crippen LogP contribution is 2.37. The molecular formula is C12H13NO3S. The molecule has 1 unspecified atom stereocenters. The molecule has 1 aromatic carbocycles. The van der Waals surface area contributed by atoms with Gasteiger partial charge in [0.2, 0.25) is 0 Å². The Balaban J connectivity index is 2.35. The summed E-state index contributed by atoms with van der Waals surface area (Å²) in [6.07, 6.45) is 1.72.